The Hall–Kier alpha value is -0.0800. The molecule has 0 heterocycles. The summed E-state index contributed by atoms with van der Waals surface area (Å²) in [6, 6.07) is 0. The Morgan fingerprint density at radius 1 is 1.21 bits per heavy atom. The van der Waals surface area contributed by atoms with Crippen molar-refractivity contribution in [2.24, 2.45) is 5.92 Å². The molecule has 2 unspecified atom stereocenters. The van der Waals surface area contributed by atoms with Crippen LogP contribution in [-0.4, -0.2) is 36.8 Å². The number of aliphatic hydroxyl groups excluding tert-OH is 1. The molecule has 0 aromatic carbocycles. The molecule has 0 radical (unpaired) electrons. The summed E-state index contributed by atoms with van der Waals surface area (Å²) in [5, 5.41) is 9.78. The average molecular weight is 201 g/mol. The maximum Gasteiger partial charge on any atom is 0.0669 e. The third-order valence-electron chi connectivity index (χ3n) is 2.72. The van der Waals surface area contributed by atoms with Crippen LogP contribution in [0.2, 0.25) is 0 Å². The Morgan fingerprint density at radius 2 is 1.86 bits per heavy atom. The standard InChI is InChI=1S/C12H27NO/c1-5-7-8-11(6-2)9-12(14)10-13(3)4/h11-12,14H,5-10H2,1-4H3. The van der Waals surface area contributed by atoms with Crippen LogP contribution in [0, 0.1) is 5.92 Å². The van der Waals surface area contributed by atoms with Gasteiger partial charge in [-0.05, 0) is 26.4 Å². The lowest BCUT2D eigenvalue weighted by Crippen LogP contribution is -2.27. The molecular formula is C12H27NO. The van der Waals surface area contributed by atoms with Crippen molar-refractivity contribution in [1.29, 1.82) is 0 Å². The zero-order valence-electron chi connectivity index (χ0n) is 10.3. The molecule has 0 aliphatic carbocycles. The normalized spacial score (nSPS) is 15.9. The van der Waals surface area contributed by atoms with E-state index in [2.05, 4.69) is 18.7 Å². The number of hydrogen-bond acceptors (Lipinski definition) is 2. The lowest BCUT2D eigenvalue weighted by molar-refractivity contribution is 0.107. The average Bonchev–Trinajstić information content (AvgIpc) is 2.10. The van der Waals surface area contributed by atoms with E-state index in [-0.39, 0.29) is 6.10 Å². The van der Waals surface area contributed by atoms with E-state index < -0.39 is 0 Å². The van der Waals surface area contributed by atoms with E-state index in [1.807, 2.05) is 14.1 Å². The summed E-state index contributed by atoms with van der Waals surface area (Å²) in [5.41, 5.74) is 0. The minimum Gasteiger partial charge on any atom is -0.392 e. The van der Waals surface area contributed by atoms with Gasteiger partial charge in [0.1, 0.15) is 0 Å². The molecule has 2 nitrogen and oxygen atoms in total. The zero-order valence-corrected chi connectivity index (χ0v) is 10.3. The van der Waals surface area contributed by atoms with Crippen molar-refractivity contribution in [3.05, 3.63) is 0 Å². The number of likely N-dealkylation sites (N-methyl/N-ethyl adjacent to an activating group) is 1. The topological polar surface area (TPSA) is 23.5 Å². The van der Waals surface area contributed by atoms with E-state index in [9.17, 15) is 5.11 Å². The number of hydrogen-bond donors (Lipinski definition) is 1. The smallest absolute Gasteiger partial charge is 0.0669 e. The molecule has 0 amide bonds. The van der Waals surface area contributed by atoms with Crippen LogP contribution in [0.5, 0.6) is 0 Å². The largest absolute Gasteiger partial charge is 0.392 e. The highest BCUT2D eigenvalue weighted by Gasteiger charge is 2.12. The highest BCUT2D eigenvalue weighted by atomic mass is 16.3. The van der Waals surface area contributed by atoms with E-state index >= 15 is 0 Å². The molecule has 1 N–H and O–H groups in total. The summed E-state index contributed by atoms with van der Waals surface area (Å²) in [7, 11) is 4.02. The van der Waals surface area contributed by atoms with Crippen molar-refractivity contribution in [3.8, 4) is 0 Å². The van der Waals surface area contributed by atoms with Gasteiger partial charge in [-0.25, -0.2) is 0 Å². The number of unbranched alkanes of at least 4 members (excludes halogenated alkanes) is 1. The summed E-state index contributed by atoms with van der Waals surface area (Å²) < 4.78 is 0. The summed E-state index contributed by atoms with van der Waals surface area (Å²) in [6.07, 6.45) is 5.86. The Kier molecular flexibility index (Phi) is 8.20. The van der Waals surface area contributed by atoms with Gasteiger partial charge in [0.15, 0.2) is 0 Å². The van der Waals surface area contributed by atoms with Crippen LogP contribution >= 0.6 is 0 Å². The lowest BCUT2D eigenvalue weighted by Gasteiger charge is -2.21. The summed E-state index contributed by atoms with van der Waals surface area (Å²) in [4.78, 5) is 2.05. The maximum atomic E-state index is 9.78. The van der Waals surface area contributed by atoms with Gasteiger partial charge in [0.2, 0.25) is 0 Å². The van der Waals surface area contributed by atoms with Crippen molar-refractivity contribution < 1.29 is 5.11 Å². The quantitative estimate of drug-likeness (QED) is 0.652. The minimum atomic E-state index is -0.146. The van der Waals surface area contributed by atoms with Crippen molar-refractivity contribution >= 4 is 0 Å². The van der Waals surface area contributed by atoms with Crippen molar-refractivity contribution in [1.82, 2.24) is 4.90 Å². The molecule has 0 bridgehead atoms. The van der Waals surface area contributed by atoms with Crippen LogP contribution in [0.4, 0.5) is 0 Å². The number of aliphatic hydroxyl groups is 1. The lowest BCUT2D eigenvalue weighted by atomic mass is 9.93. The van der Waals surface area contributed by atoms with E-state index in [1.165, 1.54) is 25.7 Å². The molecule has 0 aromatic rings. The van der Waals surface area contributed by atoms with Gasteiger partial charge < -0.3 is 10.0 Å². The first kappa shape index (κ1) is 13.9. The highest BCUT2D eigenvalue weighted by molar-refractivity contribution is 4.66. The SMILES string of the molecule is CCCCC(CC)CC(O)CN(C)C. The molecule has 14 heavy (non-hydrogen) atoms. The molecule has 0 saturated heterocycles. The van der Waals surface area contributed by atoms with E-state index in [0.29, 0.717) is 5.92 Å². The highest BCUT2D eigenvalue weighted by Crippen LogP contribution is 2.18. The first-order chi connectivity index (χ1) is 6.60. The molecule has 0 spiro atoms. The zero-order chi connectivity index (χ0) is 11.0. The molecule has 2 heteroatoms. The van der Waals surface area contributed by atoms with E-state index in [4.69, 9.17) is 0 Å². The van der Waals surface area contributed by atoms with E-state index in [1.54, 1.807) is 0 Å². The van der Waals surface area contributed by atoms with Gasteiger partial charge in [-0.15, -0.1) is 0 Å². The third-order valence-corrected chi connectivity index (χ3v) is 2.72. The van der Waals surface area contributed by atoms with E-state index in [0.717, 1.165) is 13.0 Å². The Morgan fingerprint density at radius 3 is 2.29 bits per heavy atom. The molecule has 0 aliphatic rings. The second-order valence-electron chi connectivity index (χ2n) is 4.57. The Bertz CT molecular complexity index is 125. The van der Waals surface area contributed by atoms with Crippen LogP contribution < -0.4 is 0 Å². The van der Waals surface area contributed by atoms with Gasteiger partial charge >= 0.3 is 0 Å². The van der Waals surface area contributed by atoms with Crippen molar-refractivity contribution in [2.75, 3.05) is 20.6 Å². The summed E-state index contributed by atoms with van der Waals surface area (Å²) in [6.45, 7) is 5.24. The molecule has 0 saturated carbocycles. The van der Waals surface area contributed by atoms with Crippen molar-refractivity contribution in [3.63, 3.8) is 0 Å². The number of rotatable bonds is 8. The monoisotopic (exact) mass is 201 g/mol. The molecule has 86 valence electrons. The fraction of sp³-hybridized carbons (Fsp3) is 1.00. The summed E-state index contributed by atoms with van der Waals surface area (Å²) in [5.74, 6) is 0.713. The first-order valence-corrected chi connectivity index (χ1v) is 5.92. The van der Waals surface area contributed by atoms with Crippen LogP contribution in [0.15, 0.2) is 0 Å². The Labute approximate surface area is 89.3 Å². The minimum absolute atomic E-state index is 0.146. The Balaban J connectivity index is 3.68. The second kappa shape index (κ2) is 8.25. The van der Waals surface area contributed by atoms with Gasteiger partial charge in [0.25, 0.3) is 0 Å². The predicted octanol–water partition coefficient (Wildman–Crippen LogP) is 2.52. The van der Waals surface area contributed by atoms with Gasteiger partial charge in [-0.3, -0.25) is 0 Å². The fourth-order valence-corrected chi connectivity index (χ4v) is 1.86. The first-order valence-electron chi connectivity index (χ1n) is 5.92. The van der Waals surface area contributed by atoms with Gasteiger partial charge in [-0.1, -0.05) is 39.5 Å². The van der Waals surface area contributed by atoms with Crippen LogP contribution in [0.3, 0.4) is 0 Å². The molecule has 0 aromatic heterocycles. The number of nitrogens with zero attached hydrogens (tertiary/aromatic N) is 1. The second-order valence-corrected chi connectivity index (χ2v) is 4.57. The molecule has 2 atom stereocenters. The van der Waals surface area contributed by atoms with Crippen molar-refractivity contribution in [2.45, 2.75) is 52.1 Å². The van der Waals surface area contributed by atoms with Crippen LogP contribution in [0.25, 0.3) is 0 Å². The van der Waals surface area contributed by atoms with Gasteiger partial charge in [0, 0.05) is 6.54 Å². The maximum absolute atomic E-state index is 9.78. The fourth-order valence-electron chi connectivity index (χ4n) is 1.86. The van der Waals surface area contributed by atoms with Gasteiger partial charge in [0.05, 0.1) is 6.10 Å². The molecule has 0 rings (SSSR count). The van der Waals surface area contributed by atoms with Crippen LogP contribution in [-0.2, 0) is 0 Å². The predicted molar refractivity (Wildman–Crippen MR) is 62.5 cm³/mol. The molecule has 0 fully saturated rings. The molecular weight excluding hydrogens is 174 g/mol. The summed E-state index contributed by atoms with van der Waals surface area (Å²) >= 11 is 0. The third kappa shape index (κ3) is 7.34. The van der Waals surface area contributed by atoms with Gasteiger partial charge in [-0.2, -0.15) is 0 Å². The van der Waals surface area contributed by atoms with Crippen LogP contribution in [0.1, 0.15) is 46.0 Å². The molecule has 0 aliphatic heterocycles.